The van der Waals surface area contributed by atoms with Crippen molar-refractivity contribution < 1.29 is 14.3 Å². The molecule has 0 heterocycles. The minimum absolute atomic E-state index is 0.0289. The summed E-state index contributed by atoms with van der Waals surface area (Å²) < 4.78 is 10.5. The molecule has 0 saturated carbocycles. The Kier molecular flexibility index (Phi) is 7.83. The van der Waals surface area contributed by atoms with Gasteiger partial charge in [0.2, 0.25) is 0 Å². The lowest BCUT2D eigenvalue weighted by atomic mass is 10.0. The minimum Gasteiger partial charge on any atom is -0.497 e. The molecule has 0 aliphatic rings. The molecule has 0 fully saturated rings. The Morgan fingerprint density at radius 1 is 1.19 bits per heavy atom. The second-order valence-corrected chi connectivity index (χ2v) is 5.17. The van der Waals surface area contributed by atoms with Gasteiger partial charge in [0.05, 0.1) is 25.8 Å². The second kappa shape index (κ2) is 9.40. The highest BCUT2D eigenvalue weighted by Gasteiger charge is 2.19. The van der Waals surface area contributed by atoms with Crippen molar-refractivity contribution in [2.45, 2.75) is 45.6 Å². The van der Waals surface area contributed by atoms with Gasteiger partial charge in [-0.3, -0.25) is 4.79 Å². The topological polar surface area (TPSA) is 47.6 Å². The molecule has 0 bridgehead atoms. The molecule has 1 aromatic rings. The molecule has 21 heavy (non-hydrogen) atoms. The number of carbonyl (C=O) groups is 1. The Balaban J connectivity index is 2.64. The molecule has 1 N–H and O–H groups in total. The van der Waals surface area contributed by atoms with Crippen LogP contribution in [0.3, 0.4) is 0 Å². The van der Waals surface area contributed by atoms with E-state index in [-0.39, 0.29) is 11.8 Å². The first-order valence-corrected chi connectivity index (χ1v) is 7.63. The lowest BCUT2D eigenvalue weighted by Crippen LogP contribution is -2.34. The van der Waals surface area contributed by atoms with E-state index in [0.717, 1.165) is 13.0 Å². The molecule has 0 aromatic heterocycles. The highest BCUT2D eigenvalue weighted by molar-refractivity contribution is 6.02. The lowest BCUT2D eigenvalue weighted by molar-refractivity contribution is 0.0947. The van der Waals surface area contributed by atoms with Gasteiger partial charge in [0, 0.05) is 0 Å². The summed E-state index contributed by atoms with van der Waals surface area (Å²) in [5, 5.41) is 3.28. The number of benzene rings is 1. The van der Waals surface area contributed by atoms with Crippen molar-refractivity contribution in [1.29, 1.82) is 0 Å². The zero-order chi connectivity index (χ0) is 15.7. The molecule has 0 radical (unpaired) electrons. The zero-order valence-electron chi connectivity index (χ0n) is 13.6. The van der Waals surface area contributed by atoms with E-state index in [1.54, 1.807) is 32.4 Å². The van der Waals surface area contributed by atoms with Crippen LogP contribution in [0, 0.1) is 0 Å². The Morgan fingerprint density at radius 3 is 2.57 bits per heavy atom. The molecule has 0 saturated heterocycles. The molecular weight excluding hydrogens is 266 g/mol. The fourth-order valence-electron chi connectivity index (χ4n) is 2.20. The molecule has 0 aliphatic carbocycles. The first-order chi connectivity index (χ1) is 10.1. The largest absolute Gasteiger partial charge is 0.497 e. The molecule has 4 heteroatoms. The van der Waals surface area contributed by atoms with Crippen LogP contribution in [0.4, 0.5) is 0 Å². The van der Waals surface area contributed by atoms with E-state index < -0.39 is 0 Å². The summed E-state index contributed by atoms with van der Waals surface area (Å²) in [6.45, 7) is 4.94. The molecular formula is C17H27NO3. The summed E-state index contributed by atoms with van der Waals surface area (Å²) in [5.41, 5.74) is 0.561. The molecule has 4 nitrogen and oxygen atoms in total. The van der Waals surface area contributed by atoms with Gasteiger partial charge in [-0.15, -0.1) is 0 Å². The predicted octanol–water partition coefficient (Wildman–Crippen LogP) is 3.44. The van der Waals surface area contributed by atoms with Gasteiger partial charge < -0.3 is 14.8 Å². The number of hydrogen-bond donors (Lipinski definition) is 1. The van der Waals surface area contributed by atoms with Crippen LogP contribution in [0.25, 0.3) is 0 Å². The predicted molar refractivity (Wildman–Crippen MR) is 85.5 cm³/mol. The van der Waals surface area contributed by atoms with Gasteiger partial charge in [-0.1, -0.05) is 26.2 Å². The Labute approximate surface area is 127 Å². The van der Waals surface area contributed by atoms with Gasteiger partial charge in [-0.25, -0.2) is 0 Å². The SMILES string of the molecule is CCCCCCNC(C)C(=O)c1cc(OC)ccc1OC. The molecule has 1 unspecified atom stereocenters. The number of hydrogen-bond acceptors (Lipinski definition) is 4. The molecule has 118 valence electrons. The van der Waals surface area contributed by atoms with Crippen molar-refractivity contribution in [1.82, 2.24) is 5.32 Å². The first kappa shape index (κ1) is 17.5. The number of methoxy groups -OCH3 is 2. The average Bonchev–Trinajstić information content (AvgIpc) is 2.53. The summed E-state index contributed by atoms with van der Waals surface area (Å²) in [6.07, 6.45) is 4.76. The van der Waals surface area contributed by atoms with Gasteiger partial charge in [0.1, 0.15) is 11.5 Å². The van der Waals surface area contributed by atoms with Crippen LogP contribution < -0.4 is 14.8 Å². The highest BCUT2D eigenvalue weighted by atomic mass is 16.5. The van der Waals surface area contributed by atoms with E-state index in [1.807, 2.05) is 6.92 Å². The van der Waals surface area contributed by atoms with Crippen molar-refractivity contribution >= 4 is 5.78 Å². The van der Waals surface area contributed by atoms with Crippen LogP contribution in [0.2, 0.25) is 0 Å². The third-order valence-corrected chi connectivity index (χ3v) is 3.55. The summed E-state index contributed by atoms with van der Waals surface area (Å²) in [5.74, 6) is 1.27. The number of carbonyl (C=O) groups excluding carboxylic acids is 1. The highest BCUT2D eigenvalue weighted by Crippen LogP contribution is 2.25. The van der Waals surface area contributed by atoms with E-state index in [2.05, 4.69) is 12.2 Å². The quantitative estimate of drug-likeness (QED) is 0.530. The number of ether oxygens (including phenoxy) is 2. The van der Waals surface area contributed by atoms with Crippen LogP contribution in [-0.2, 0) is 0 Å². The van der Waals surface area contributed by atoms with E-state index in [1.165, 1.54) is 19.3 Å². The van der Waals surface area contributed by atoms with Gasteiger partial charge in [-0.2, -0.15) is 0 Å². The van der Waals surface area contributed by atoms with Gasteiger partial charge in [0.15, 0.2) is 5.78 Å². The minimum atomic E-state index is -0.229. The fraction of sp³-hybridized carbons (Fsp3) is 0.588. The maximum atomic E-state index is 12.5. The lowest BCUT2D eigenvalue weighted by Gasteiger charge is -2.15. The Morgan fingerprint density at radius 2 is 1.95 bits per heavy atom. The third-order valence-electron chi connectivity index (χ3n) is 3.55. The normalized spacial score (nSPS) is 12.0. The van der Waals surface area contributed by atoms with Crippen LogP contribution >= 0.6 is 0 Å². The van der Waals surface area contributed by atoms with E-state index in [0.29, 0.717) is 17.1 Å². The van der Waals surface area contributed by atoms with Crippen molar-refractivity contribution in [3.63, 3.8) is 0 Å². The third kappa shape index (κ3) is 5.38. The molecule has 1 rings (SSSR count). The Hall–Kier alpha value is -1.55. The van der Waals surface area contributed by atoms with Gasteiger partial charge in [-0.05, 0) is 38.1 Å². The van der Waals surface area contributed by atoms with Crippen LogP contribution in [-0.4, -0.2) is 32.6 Å². The summed E-state index contributed by atoms with van der Waals surface area (Å²) in [4.78, 5) is 12.5. The summed E-state index contributed by atoms with van der Waals surface area (Å²) in [7, 11) is 3.16. The zero-order valence-corrected chi connectivity index (χ0v) is 13.6. The first-order valence-electron chi connectivity index (χ1n) is 7.63. The molecule has 0 spiro atoms. The second-order valence-electron chi connectivity index (χ2n) is 5.17. The fourth-order valence-corrected chi connectivity index (χ4v) is 2.20. The average molecular weight is 293 g/mol. The molecule has 1 atom stereocenters. The van der Waals surface area contributed by atoms with Crippen LogP contribution in [0.5, 0.6) is 11.5 Å². The number of ketones is 1. The van der Waals surface area contributed by atoms with Gasteiger partial charge in [0.25, 0.3) is 0 Å². The van der Waals surface area contributed by atoms with Crippen LogP contribution in [0.1, 0.15) is 49.9 Å². The smallest absolute Gasteiger partial charge is 0.183 e. The molecule has 0 aliphatic heterocycles. The summed E-state index contributed by atoms with van der Waals surface area (Å²) in [6, 6.07) is 5.06. The van der Waals surface area contributed by atoms with Crippen molar-refractivity contribution in [2.75, 3.05) is 20.8 Å². The number of rotatable bonds is 10. The van der Waals surface area contributed by atoms with Crippen LogP contribution in [0.15, 0.2) is 18.2 Å². The maximum Gasteiger partial charge on any atom is 0.183 e. The monoisotopic (exact) mass is 293 g/mol. The summed E-state index contributed by atoms with van der Waals surface area (Å²) >= 11 is 0. The van der Waals surface area contributed by atoms with Gasteiger partial charge >= 0.3 is 0 Å². The standard InChI is InChI=1S/C17H27NO3/c1-5-6-7-8-11-18-13(2)17(19)15-12-14(20-3)9-10-16(15)21-4/h9-10,12-13,18H,5-8,11H2,1-4H3. The van der Waals surface area contributed by atoms with E-state index >= 15 is 0 Å². The number of nitrogens with one attached hydrogen (secondary N) is 1. The van der Waals surface area contributed by atoms with Crippen molar-refractivity contribution in [3.8, 4) is 11.5 Å². The maximum absolute atomic E-state index is 12.5. The molecule has 0 amide bonds. The number of unbranched alkanes of at least 4 members (excludes halogenated alkanes) is 3. The Bertz CT molecular complexity index is 446. The van der Waals surface area contributed by atoms with E-state index in [4.69, 9.17) is 9.47 Å². The van der Waals surface area contributed by atoms with Crippen molar-refractivity contribution in [3.05, 3.63) is 23.8 Å². The molecule has 1 aromatic carbocycles. The van der Waals surface area contributed by atoms with Crippen molar-refractivity contribution in [2.24, 2.45) is 0 Å². The number of Topliss-reactive ketones (excluding diaryl/α,β-unsaturated/α-hetero) is 1. The van der Waals surface area contributed by atoms with E-state index in [9.17, 15) is 4.79 Å².